The fourth-order valence-corrected chi connectivity index (χ4v) is 6.86. The first-order valence-corrected chi connectivity index (χ1v) is 13.5. The van der Waals surface area contributed by atoms with Crippen LogP contribution in [0.25, 0.3) is 0 Å². The first kappa shape index (κ1) is 25.2. The third-order valence-corrected chi connectivity index (χ3v) is 8.21. The van der Waals surface area contributed by atoms with Gasteiger partial charge in [-0.3, -0.25) is 0 Å². The molecule has 0 amide bonds. The summed E-state index contributed by atoms with van der Waals surface area (Å²) in [6.45, 7) is 17.0. The molecule has 2 aliphatic rings. The number of rotatable bonds is 6. The predicted molar refractivity (Wildman–Crippen MR) is 157 cm³/mol. The van der Waals surface area contributed by atoms with Crippen molar-refractivity contribution in [3.05, 3.63) is 143 Å². The summed E-state index contributed by atoms with van der Waals surface area (Å²) in [5, 5.41) is 0. The Morgan fingerprint density at radius 3 is 1.08 bits per heavy atom. The number of fused-ring (bicyclic) bond motifs is 4. The molecule has 6 rings (SSSR count). The Labute approximate surface area is 231 Å². The monoisotopic (exact) mass is 514 g/mol. The van der Waals surface area contributed by atoms with Crippen molar-refractivity contribution in [2.45, 2.75) is 51.7 Å². The van der Waals surface area contributed by atoms with Gasteiger partial charge in [0.15, 0.2) is 0 Å². The molecule has 0 aliphatic carbocycles. The van der Waals surface area contributed by atoms with E-state index in [2.05, 4.69) is 65.1 Å². The van der Waals surface area contributed by atoms with Gasteiger partial charge >= 0.3 is 0 Å². The molecule has 0 spiro atoms. The van der Waals surface area contributed by atoms with E-state index in [1.165, 1.54) is 0 Å². The fraction of sp³-hybridized carbons (Fsp3) is 0.222. The lowest BCUT2D eigenvalue weighted by atomic mass is 9.72. The maximum atomic E-state index is 7.92. The van der Waals surface area contributed by atoms with Crippen LogP contribution in [-0.4, -0.2) is 0 Å². The molecule has 0 radical (unpaired) electrons. The van der Waals surface area contributed by atoms with Crippen molar-refractivity contribution in [2.75, 3.05) is 0 Å². The van der Waals surface area contributed by atoms with E-state index >= 15 is 0 Å². The number of aryl methyl sites for hydroxylation is 4. The smallest absolute Gasteiger partial charge is 0.134 e. The van der Waals surface area contributed by atoms with Crippen LogP contribution in [0.1, 0.15) is 57.3 Å². The minimum atomic E-state index is -0.874. The molecule has 4 aromatic rings. The largest absolute Gasteiger partial charge is 0.457 e. The highest BCUT2D eigenvalue weighted by atomic mass is 16.5. The van der Waals surface area contributed by atoms with Crippen LogP contribution in [0.15, 0.2) is 98.1 Å². The molecule has 0 fully saturated rings. The van der Waals surface area contributed by atoms with Gasteiger partial charge in [-0.15, -0.1) is 13.2 Å². The Hall–Kier alpha value is -4.08. The van der Waals surface area contributed by atoms with E-state index in [9.17, 15) is 0 Å². The van der Waals surface area contributed by atoms with Crippen LogP contribution in [0.5, 0.6) is 23.0 Å². The Bertz CT molecular complexity index is 1400. The van der Waals surface area contributed by atoms with Gasteiger partial charge in [0.25, 0.3) is 0 Å². The summed E-state index contributed by atoms with van der Waals surface area (Å²) in [6, 6.07) is 24.9. The summed E-state index contributed by atoms with van der Waals surface area (Å²) >= 11 is 0. The van der Waals surface area contributed by atoms with E-state index in [0.717, 1.165) is 67.5 Å². The molecule has 4 aromatic carbocycles. The molecular weight excluding hydrogens is 480 g/mol. The number of hydrogen-bond acceptors (Lipinski definition) is 3. The van der Waals surface area contributed by atoms with Crippen molar-refractivity contribution in [1.29, 1.82) is 0 Å². The summed E-state index contributed by atoms with van der Waals surface area (Å²) in [5.74, 6) is 3.24. The topological polar surface area (TPSA) is 27.7 Å². The molecule has 196 valence electrons. The minimum Gasteiger partial charge on any atom is -0.457 e. The lowest BCUT2D eigenvalue weighted by Gasteiger charge is -2.50. The van der Waals surface area contributed by atoms with Crippen molar-refractivity contribution in [2.24, 2.45) is 0 Å². The molecule has 2 aliphatic heterocycles. The lowest BCUT2D eigenvalue weighted by molar-refractivity contribution is -0.131. The average Bonchev–Trinajstić information content (AvgIpc) is 2.89. The van der Waals surface area contributed by atoms with Gasteiger partial charge in [-0.05, 0) is 74.2 Å². The zero-order valence-corrected chi connectivity index (χ0v) is 23.1. The number of benzene rings is 4. The van der Waals surface area contributed by atoms with E-state index in [4.69, 9.17) is 14.2 Å². The van der Waals surface area contributed by atoms with Gasteiger partial charge in [-0.25, -0.2) is 0 Å². The third kappa shape index (κ3) is 3.60. The normalized spacial score (nSPS) is 15.5. The van der Waals surface area contributed by atoms with E-state index < -0.39 is 11.2 Å². The van der Waals surface area contributed by atoms with E-state index in [1.807, 2.05) is 60.7 Å². The minimum absolute atomic E-state index is 0.564. The highest BCUT2D eigenvalue weighted by molar-refractivity contribution is 5.64. The first-order chi connectivity index (χ1) is 18.9. The van der Waals surface area contributed by atoms with Gasteiger partial charge in [-0.1, -0.05) is 60.7 Å². The van der Waals surface area contributed by atoms with Gasteiger partial charge < -0.3 is 14.2 Å². The van der Waals surface area contributed by atoms with Crippen LogP contribution in [0.2, 0.25) is 0 Å². The Kier molecular flexibility index (Phi) is 6.00. The van der Waals surface area contributed by atoms with Crippen molar-refractivity contribution in [3.8, 4) is 23.0 Å². The summed E-state index contributed by atoms with van der Waals surface area (Å²) in [5.41, 5.74) is 6.83. The molecular formula is C36H34O3. The molecule has 2 heterocycles. The molecule has 0 bridgehead atoms. The molecule has 0 saturated carbocycles. The zero-order chi connectivity index (χ0) is 27.4. The first-order valence-electron chi connectivity index (χ1n) is 13.5. The number of ether oxygens (including phenoxy) is 3. The molecule has 3 nitrogen and oxygen atoms in total. The van der Waals surface area contributed by atoms with Crippen molar-refractivity contribution in [3.63, 3.8) is 0 Å². The second-order valence-corrected chi connectivity index (χ2v) is 10.7. The summed E-state index contributed by atoms with van der Waals surface area (Å²) in [4.78, 5) is 0. The maximum absolute atomic E-state index is 7.92. The number of hydrogen-bond donors (Lipinski definition) is 0. The van der Waals surface area contributed by atoms with Crippen LogP contribution in [0.3, 0.4) is 0 Å². The Morgan fingerprint density at radius 1 is 0.538 bits per heavy atom. The van der Waals surface area contributed by atoms with Crippen molar-refractivity contribution in [1.82, 2.24) is 0 Å². The standard InChI is InChI=1S/C36H34O3/c1-7-21-35(31-23(3)13-9-17-27(31)37-28-18-10-14-24(4)32(28)35)39-36(22-8-2)33-25(5)15-11-19-29(33)38-30-20-12-16-26(6)34(30)36/h7-20H,1-2,21-22H2,3-6H3. The highest BCUT2D eigenvalue weighted by Gasteiger charge is 2.54. The molecule has 0 aromatic heterocycles. The van der Waals surface area contributed by atoms with Crippen LogP contribution in [0, 0.1) is 27.7 Å². The Balaban J connectivity index is 1.76. The predicted octanol–water partition coefficient (Wildman–Crippen LogP) is 9.49. The molecule has 39 heavy (non-hydrogen) atoms. The van der Waals surface area contributed by atoms with Crippen molar-refractivity contribution >= 4 is 0 Å². The quantitative estimate of drug-likeness (QED) is 0.240. The van der Waals surface area contributed by atoms with Crippen LogP contribution < -0.4 is 9.47 Å². The SMILES string of the molecule is C=CCC1(OC2(CC=C)c3c(C)cccc3Oc3cccc(C)c32)c2c(C)cccc2Oc2cccc(C)c21. The zero-order valence-electron chi connectivity index (χ0n) is 23.1. The Morgan fingerprint density at radius 2 is 0.821 bits per heavy atom. The summed E-state index contributed by atoms with van der Waals surface area (Å²) in [7, 11) is 0. The van der Waals surface area contributed by atoms with E-state index in [0.29, 0.717) is 12.8 Å². The molecule has 0 atom stereocenters. The average molecular weight is 515 g/mol. The van der Waals surface area contributed by atoms with Crippen LogP contribution in [0.4, 0.5) is 0 Å². The molecule has 3 heteroatoms. The van der Waals surface area contributed by atoms with Crippen molar-refractivity contribution < 1.29 is 14.2 Å². The third-order valence-electron chi connectivity index (χ3n) is 8.21. The summed E-state index contributed by atoms with van der Waals surface area (Å²) < 4.78 is 21.0. The highest BCUT2D eigenvalue weighted by Crippen LogP contribution is 2.61. The van der Waals surface area contributed by atoms with Gasteiger partial charge in [0.05, 0.1) is 0 Å². The van der Waals surface area contributed by atoms with Gasteiger partial charge in [0, 0.05) is 35.1 Å². The van der Waals surface area contributed by atoms with E-state index in [-0.39, 0.29) is 0 Å². The van der Waals surface area contributed by atoms with Crippen LogP contribution in [-0.2, 0) is 15.9 Å². The second kappa shape index (κ2) is 9.29. The van der Waals surface area contributed by atoms with Gasteiger partial charge in [-0.2, -0.15) is 0 Å². The molecule has 0 N–H and O–H groups in total. The fourth-order valence-electron chi connectivity index (χ4n) is 6.86. The molecule has 0 saturated heterocycles. The summed E-state index contributed by atoms with van der Waals surface area (Å²) in [6.07, 6.45) is 5.06. The van der Waals surface area contributed by atoms with E-state index in [1.54, 1.807) is 0 Å². The van der Waals surface area contributed by atoms with Gasteiger partial charge in [0.2, 0.25) is 0 Å². The maximum Gasteiger partial charge on any atom is 0.134 e. The van der Waals surface area contributed by atoms with Crippen LogP contribution >= 0.6 is 0 Å². The van der Waals surface area contributed by atoms with Gasteiger partial charge in [0.1, 0.15) is 34.2 Å². The second-order valence-electron chi connectivity index (χ2n) is 10.7. The lowest BCUT2D eigenvalue weighted by Crippen LogP contribution is -2.46. The molecule has 0 unspecified atom stereocenters.